The lowest BCUT2D eigenvalue weighted by atomic mass is 9.92. The number of likely N-dealkylation sites (N-methyl/N-ethyl adjacent to an activating group) is 1. The van der Waals surface area contributed by atoms with E-state index in [9.17, 15) is 24.0 Å². The van der Waals surface area contributed by atoms with Gasteiger partial charge in [-0.2, -0.15) is 5.26 Å². The number of rotatable bonds is 49. The highest BCUT2D eigenvalue weighted by Gasteiger charge is 2.33. The lowest BCUT2D eigenvalue weighted by Gasteiger charge is -2.42. The minimum Gasteiger partial charge on any atom is -0.462 e. The number of anilines is 1. The fourth-order valence-corrected chi connectivity index (χ4v) is 11.3. The molecule has 0 radical (unpaired) electrons. The van der Waals surface area contributed by atoms with Crippen LogP contribution in [-0.4, -0.2) is 94.7 Å². The first-order valence-electron chi connectivity index (χ1n) is 33.4. The molecule has 0 bridgehead atoms. The van der Waals surface area contributed by atoms with Crippen LogP contribution in [0.1, 0.15) is 283 Å². The van der Waals surface area contributed by atoms with Crippen molar-refractivity contribution in [2.45, 2.75) is 291 Å². The van der Waals surface area contributed by atoms with Gasteiger partial charge >= 0.3 is 17.9 Å². The van der Waals surface area contributed by atoms with E-state index < -0.39 is 6.10 Å². The molecule has 1 fully saturated rings. The summed E-state index contributed by atoms with van der Waals surface area (Å²) in [7, 11) is 1.97. The number of amides is 1. The number of aromatic nitrogens is 3. The van der Waals surface area contributed by atoms with Crippen molar-refractivity contribution >= 4 is 46.6 Å². The maximum atomic E-state index is 13.8. The lowest BCUT2D eigenvalue weighted by Crippen LogP contribution is -2.52. The van der Waals surface area contributed by atoms with E-state index in [0.29, 0.717) is 43.3 Å². The van der Waals surface area contributed by atoms with Crippen LogP contribution in [0.4, 0.5) is 5.82 Å². The summed E-state index contributed by atoms with van der Waals surface area (Å²) in [6.45, 7) is 11.6. The van der Waals surface area contributed by atoms with Crippen molar-refractivity contribution in [1.82, 2.24) is 19.4 Å². The number of carbonyl (C=O) groups is 5. The Hall–Kier alpha value is -5.06. The minimum absolute atomic E-state index is 0.00273. The Morgan fingerprint density at radius 1 is 0.663 bits per heavy atom. The summed E-state index contributed by atoms with van der Waals surface area (Å²) in [6, 6.07) is 3.88. The third-order valence-electron chi connectivity index (χ3n) is 16.7. The number of hydrogen-bond acceptors (Lipinski definition) is 12. The lowest BCUT2D eigenvalue weighted by molar-refractivity contribution is -0.167. The van der Waals surface area contributed by atoms with Crippen molar-refractivity contribution in [3.63, 3.8) is 0 Å². The van der Waals surface area contributed by atoms with Gasteiger partial charge in [-0.3, -0.25) is 28.5 Å². The molecule has 1 aliphatic rings. The van der Waals surface area contributed by atoms with Crippen LogP contribution in [0, 0.1) is 29.1 Å². The molecule has 14 heteroatoms. The molecule has 2 unspecified atom stereocenters. The Bertz CT molecular complexity index is 2130. The monoisotopic (exact) mass is 1150 g/mol. The highest BCUT2D eigenvalue weighted by molar-refractivity contribution is 5.96. The van der Waals surface area contributed by atoms with Crippen LogP contribution >= 0.6 is 0 Å². The minimum atomic E-state index is -0.860. The van der Waals surface area contributed by atoms with Crippen LogP contribution in [0.5, 0.6) is 0 Å². The summed E-state index contributed by atoms with van der Waals surface area (Å²) >= 11 is 0. The molecule has 0 N–H and O–H groups in total. The summed E-state index contributed by atoms with van der Waals surface area (Å²) in [5.74, 6) is -0.289. The van der Waals surface area contributed by atoms with Gasteiger partial charge < -0.3 is 24.0 Å². The molecule has 4 atom stereocenters. The Morgan fingerprint density at radius 3 is 1.66 bits per heavy atom. The first-order chi connectivity index (χ1) is 40.4. The number of carbonyl (C=O) groups excluding carboxylic acids is 5. The van der Waals surface area contributed by atoms with E-state index in [-0.39, 0.29) is 73.7 Å². The highest BCUT2D eigenvalue weighted by atomic mass is 16.6. The number of nitriles is 1. The topological polar surface area (TPSA) is 174 Å². The van der Waals surface area contributed by atoms with Gasteiger partial charge in [0.05, 0.1) is 17.5 Å². The zero-order valence-electron chi connectivity index (χ0n) is 53.1. The molecule has 1 aliphatic heterocycles. The average molecular weight is 1160 g/mol. The molecule has 0 spiro atoms. The molecule has 83 heavy (non-hydrogen) atoms. The van der Waals surface area contributed by atoms with Crippen LogP contribution in [0.25, 0.3) is 11.0 Å². The first-order valence-corrected chi connectivity index (χ1v) is 33.4. The van der Waals surface area contributed by atoms with E-state index in [0.717, 1.165) is 134 Å². The summed E-state index contributed by atoms with van der Waals surface area (Å²) < 4.78 is 18.7. The van der Waals surface area contributed by atoms with Crippen LogP contribution in [0.2, 0.25) is 0 Å². The Kier molecular flexibility index (Phi) is 40.2. The van der Waals surface area contributed by atoms with Crippen molar-refractivity contribution < 1.29 is 38.2 Å². The maximum absolute atomic E-state index is 13.8. The number of likely N-dealkylation sites (tertiary alicyclic amines) is 1. The van der Waals surface area contributed by atoms with Gasteiger partial charge in [0.1, 0.15) is 31.8 Å². The van der Waals surface area contributed by atoms with Gasteiger partial charge in [0.25, 0.3) is 0 Å². The number of piperidine rings is 1. The van der Waals surface area contributed by atoms with Crippen LogP contribution < -0.4 is 4.90 Å². The molecule has 3 rings (SSSR count). The molecular weight excluding hydrogens is 1040 g/mol. The zero-order valence-corrected chi connectivity index (χ0v) is 53.1. The standard InChI is InChI=1S/C69H114N6O8/c1-7-9-11-13-15-17-19-21-23-25-27-29-31-36-40-44-64(77)81-54-60(55-82-65(78)45-41-37-32-30-28-26-24-22-20-18-16-14-12-10-8-2)83-66(79)52-57(3)42-38-34-33-35-39-43-59(5)69(80)75-51-48-61-67(71-56-72-68(61)75)73(6)62-53-74(50-47-58(62)4)63(76)46-49-70/h21-24,48,51,56-60,62H,7-20,25-47,50,52-55H2,1-6H3/b23-21-,24-22-/t57?,58-,59?,62+/m1/s1. The summed E-state index contributed by atoms with van der Waals surface area (Å²) in [5, 5.41) is 9.87. The summed E-state index contributed by atoms with van der Waals surface area (Å²) in [6.07, 6.45) is 50.5. The third kappa shape index (κ3) is 32.1. The predicted molar refractivity (Wildman–Crippen MR) is 337 cm³/mol. The third-order valence-corrected chi connectivity index (χ3v) is 16.7. The largest absolute Gasteiger partial charge is 0.462 e. The van der Waals surface area contributed by atoms with Crippen LogP contribution in [0.15, 0.2) is 42.9 Å². The van der Waals surface area contributed by atoms with E-state index in [1.54, 1.807) is 15.7 Å². The molecule has 468 valence electrons. The fourth-order valence-electron chi connectivity index (χ4n) is 11.3. The van der Waals surface area contributed by atoms with E-state index in [2.05, 4.69) is 59.9 Å². The van der Waals surface area contributed by atoms with Crippen molar-refractivity contribution in [2.75, 3.05) is 38.3 Å². The van der Waals surface area contributed by atoms with Crippen molar-refractivity contribution in [3.05, 3.63) is 42.9 Å². The molecule has 3 heterocycles. The van der Waals surface area contributed by atoms with Gasteiger partial charge in [-0.05, 0) is 95.0 Å². The zero-order chi connectivity index (χ0) is 60.1. The van der Waals surface area contributed by atoms with Crippen molar-refractivity contribution in [1.29, 1.82) is 5.26 Å². The number of allylic oxidation sites excluding steroid dienone is 4. The number of nitrogens with zero attached hydrogens (tertiary/aromatic N) is 6. The Labute approximate surface area is 503 Å². The van der Waals surface area contributed by atoms with Crippen LogP contribution in [-0.2, 0) is 33.4 Å². The van der Waals surface area contributed by atoms with Gasteiger partial charge in [0.15, 0.2) is 11.8 Å². The van der Waals surface area contributed by atoms with E-state index in [1.165, 1.54) is 96.2 Å². The second-order valence-corrected chi connectivity index (χ2v) is 24.3. The number of fused-ring (bicyclic) bond motifs is 1. The first kappa shape index (κ1) is 72.2. The predicted octanol–water partition coefficient (Wildman–Crippen LogP) is 17.1. The molecule has 14 nitrogen and oxygen atoms in total. The smallest absolute Gasteiger partial charge is 0.306 e. The molecule has 0 saturated carbocycles. The van der Waals surface area contributed by atoms with Crippen LogP contribution in [0.3, 0.4) is 0 Å². The molecule has 2 aromatic rings. The second kappa shape index (κ2) is 46.3. The molecule has 0 aliphatic carbocycles. The van der Waals surface area contributed by atoms with Gasteiger partial charge in [-0.25, -0.2) is 9.97 Å². The second-order valence-electron chi connectivity index (χ2n) is 24.3. The van der Waals surface area contributed by atoms with Crippen molar-refractivity contribution in [2.24, 2.45) is 17.8 Å². The summed E-state index contributed by atoms with van der Waals surface area (Å²) in [4.78, 5) is 78.2. The molecule has 2 aromatic heterocycles. The molecular formula is C69H114N6O8. The van der Waals surface area contributed by atoms with Gasteiger partial charge in [-0.1, -0.05) is 200 Å². The Morgan fingerprint density at radius 2 is 1.14 bits per heavy atom. The number of unbranched alkanes of at least 4 members (excludes halogenated alkanes) is 26. The number of hydrogen-bond donors (Lipinski definition) is 0. The van der Waals surface area contributed by atoms with Gasteiger partial charge in [0, 0.05) is 51.5 Å². The van der Waals surface area contributed by atoms with E-state index in [4.69, 9.17) is 19.5 Å². The Balaban J connectivity index is 1.36. The number of ether oxygens (including phenoxy) is 3. The fraction of sp³-hybridized carbons (Fsp3) is 0.768. The van der Waals surface area contributed by atoms with Crippen molar-refractivity contribution in [3.8, 4) is 6.07 Å². The quantitative estimate of drug-likeness (QED) is 0.0266. The SMILES string of the molecule is CCCCCCCC/C=C\CCCCCCCC(=O)OCC(COC(=O)CCCCCCC/C=C\CCCCCCCC)OC(=O)CC(C)CCCCCCCC(C)C(=O)n1ccc2c(N(C)[C@H]3CN(C(=O)CC#N)CC[C@H]3C)ncnc21. The molecule has 1 saturated heterocycles. The van der Waals surface area contributed by atoms with Gasteiger partial charge in [-0.15, -0.1) is 0 Å². The van der Waals surface area contributed by atoms with E-state index in [1.807, 2.05) is 33.0 Å². The van der Waals surface area contributed by atoms with Gasteiger partial charge in [0.2, 0.25) is 11.8 Å². The highest BCUT2D eigenvalue weighted by Crippen LogP contribution is 2.31. The normalized spacial score (nSPS) is 15.3. The molecule has 0 aromatic carbocycles. The molecule has 1 amide bonds. The average Bonchev–Trinajstić information content (AvgIpc) is 3.82. The number of esters is 3. The van der Waals surface area contributed by atoms with E-state index >= 15 is 0 Å². The summed E-state index contributed by atoms with van der Waals surface area (Å²) in [5.41, 5.74) is 0.568. The maximum Gasteiger partial charge on any atom is 0.306 e.